The zero-order valence-electron chi connectivity index (χ0n) is 11.8. The van der Waals surface area contributed by atoms with E-state index in [1.807, 2.05) is 0 Å². The Morgan fingerprint density at radius 3 is 2.14 bits per heavy atom. The van der Waals surface area contributed by atoms with E-state index in [9.17, 15) is 24.9 Å². The molecule has 0 atom stereocenters. The van der Waals surface area contributed by atoms with Gasteiger partial charge in [-0.25, -0.2) is 0 Å². The molecule has 2 aromatic rings. The minimum Gasteiger partial charge on any atom is -0.507 e. The van der Waals surface area contributed by atoms with Crippen LogP contribution in [0.4, 0.5) is 0 Å². The molecule has 22 heavy (non-hydrogen) atoms. The number of phenols is 3. The van der Waals surface area contributed by atoms with E-state index < -0.39 is 23.1 Å². The monoisotopic (exact) mass is 300 g/mol. The van der Waals surface area contributed by atoms with E-state index in [0.717, 1.165) is 0 Å². The summed E-state index contributed by atoms with van der Waals surface area (Å²) in [7, 11) is 1.36. The molecule has 0 bridgehead atoms. The molecule has 1 aliphatic carbocycles. The average Bonchev–Trinajstić information content (AvgIpc) is 2.47. The molecule has 6 nitrogen and oxygen atoms in total. The largest absolute Gasteiger partial charge is 0.507 e. The normalized spacial score (nSPS) is 12.8. The third-order valence-corrected chi connectivity index (χ3v) is 3.72. The molecule has 0 fully saturated rings. The van der Waals surface area contributed by atoms with Crippen LogP contribution < -0.4 is 4.74 Å². The van der Waals surface area contributed by atoms with Crippen molar-refractivity contribution in [2.45, 2.75) is 6.92 Å². The van der Waals surface area contributed by atoms with E-state index in [4.69, 9.17) is 4.74 Å². The van der Waals surface area contributed by atoms with Gasteiger partial charge in [-0.2, -0.15) is 0 Å². The van der Waals surface area contributed by atoms with Crippen LogP contribution in [0.25, 0.3) is 0 Å². The van der Waals surface area contributed by atoms with Crippen molar-refractivity contribution in [2.75, 3.05) is 7.11 Å². The van der Waals surface area contributed by atoms with E-state index in [0.29, 0.717) is 0 Å². The number of hydrogen-bond acceptors (Lipinski definition) is 6. The molecule has 3 rings (SSSR count). The first kappa shape index (κ1) is 13.9. The van der Waals surface area contributed by atoms with Crippen LogP contribution in [0, 0.1) is 6.92 Å². The predicted octanol–water partition coefficient (Wildman–Crippen LogP) is 1.90. The molecular weight excluding hydrogens is 288 g/mol. The molecular formula is C16H12O6. The average molecular weight is 300 g/mol. The number of ether oxygens (including phenoxy) is 1. The number of benzene rings is 2. The Balaban J connectivity index is 2.40. The van der Waals surface area contributed by atoms with Gasteiger partial charge in [0.2, 0.25) is 5.78 Å². The summed E-state index contributed by atoms with van der Waals surface area (Å²) >= 11 is 0. The van der Waals surface area contributed by atoms with Gasteiger partial charge >= 0.3 is 0 Å². The van der Waals surface area contributed by atoms with Gasteiger partial charge in [-0.05, 0) is 24.6 Å². The topological polar surface area (TPSA) is 104 Å². The highest BCUT2D eigenvalue weighted by Crippen LogP contribution is 2.42. The maximum absolute atomic E-state index is 12.6. The Morgan fingerprint density at radius 1 is 0.864 bits per heavy atom. The number of aryl methyl sites for hydroxylation is 1. The molecule has 0 unspecified atom stereocenters. The number of methoxy groups -OCH3 is 1. The second kappa shape index (κ2) is 4.49. The van der Waals surface area contributed by atoms with Crippen LogP contribution in [0.5, 0.6) is 23.0 Å². The van der Waals surface area contributed by atoms with Crippen molar-refractivity contribution in [1.82, 2.24) is 0 Å². The van der Waals surface area contributed by atoms with Crippen LogP contribution in [0.15, 0.2) is 18.2 Å². The maximum atomic E-state index is 12.6. The van der Waals surface area contributed by atoms with E-state index in [1.165, 1.54) is 32.2 Å². The van der Waals surface area contributed by atoms with Crippen molar-refractivity contribution in [3.05, 3.63) is 46.0 Å². The molecule has 112 valence electrons. The fourth-order valence-electron chi connectivity index (χ4n) is 2.64. The van der Waals surface area contributed by atoms with Crippen molar-refractivity contribution in [2.24, 2.45) is 0 Å². The summed E-state index contributed by atoms with van der Waals surface area (Å²) in [5.41, 5.74) is -0.593. The van der Waals surface area contributed by atoms with E-state index in [-0.39, 0.29) is 39.3 Å². The summed E-state index contributed by atoms with van der Waals surface area (Å²) in [6, 6.07) is 3.74. The molecule has 0 amide bonds. The highest BCUT2D eigenvalue weighted by molar-refractivity contribution is 6.31. The molecule has 6 heteroatoms. The Morgan fingerprint density at radius 2 is 1.50 bits per heavy atom. The Hall–Kier alpha value is -3.02. The molecule has 0 saturated carbocycles. The number of fused-ring (bicyclic) bond motifs is 2. The lowest BCUT2D eigenvalue weighted by Gasteiger charge is -2.21. The smallest absolute Gasteiger partial charge is 0.202 e. The van der Waals surface area contributed by atoms with Crippen LogP contribution in [-0.2, 0) is 0 Å². The number of carbonyl (C=O) groups excluding carboxylic acids is 2. The quantitative estimate of drug-likeness (QED) is 0.593. The standard InChI is InChI=1S/C16H12O6/c1-6-3-9(17)12-13(14(6)19)16(21)11-8(15(12)20)4-7(22-2)5-10(11)18/h3-5,17-19H,1-2H3. The van der Waals surface area contributed by atoms with Crippen molar-refractivity contribution in [1.29, 1.82) is 0 Å². The highest BCUT2D eigenvalue weighted by Gasteiger charge is 2.37. The number of aromatic hydroxyl groups is 3. The molecule has 0 spiro atoms. The Bertz CT molecular complexity index is 850. The molecule has 2 aromatic carbocycles. The lowest BCUT2D eigenvalue weighted by Crippen LogP contribution is -2.22. The SMILES string of the molecule is COc1cc(O)c2c(c1)C(=O)c1c(O)cc(C)c(O)c1C2=O. The van der Waals surface area contributed by atoms with Crippen LogP contribution in [0.1, 0.15) is 37.4 Å². The van der Waals surface area contributed by atoms with Crippen LogP contribution >= 0.6 is 0 Å². The summed E-state index contributed by atoms with van der Waals surface area (Å²) < 4.78 is 4.97. The number of ketones is 2. The molecule has 0 heterocycles. The Kier molecular flexibility index (Phi) is 2.84. The summed E-state index contributed by atoms with van der Waals surface area (Å²) in [5.74, 6) is -2.37. The van der Waals surface area contributed by atoms with Gasteiger partial charge < -0.3 is 20.1 Å². The summed E-state index contributed by atoms with van der Waals surface area (Å²) in [6.07, 6.45) is 0. The third-order valence-electron chi connectivity index (χ3n) is 3.72. The van der Waals surface area contributed by atoms with E-state index in [2.05, 4.69) is 0 Å². The number of phenolic OH excluding ortho intramolecular Hbond substituents is 3. The number of hydrogen-bond donors (Lipinski definition) is 3. The van der Waals surface area contributed by atoms with Gasteiger partial charge in [-0.1, -0.05) is 0 Å². The number of rotatable bonds is 1. The highest BCUT2D eigenvalue weighted by atomic mass is 16.5. The number of carbonyl (C=O) groups is 2. The molecule has 3 N–H and O–H groups in total. The summed E-state index contributed by atoms with van der Waals surface area (Å²) in [5, 5.41) is 30.1. The molecule has 0 aliphatic heterocycles. The lowest BCUT2D eigenvalue weighted by molar-refractivity contribution is 0.0971. The minimum absolute atomic E-state index is 0.0760. The zero-order chi connectivity index (χ0) is 16.2. The van der Waals surface area contributed by atoms with E-state index >= 15 is 0 Å². The Labute approximate surface area is 125 Å². The van der Waals surface area contributed by atoms with Gasteiger partial charge in [0, 0.05) is 11.6 Å². The van der Waals surface area contributed by atoms with Gasteiger partial charge in [0.25, 0.3) is 0 Å². The van der Waals surface area contributed by atoms with Crippen molar-refractivity contribution < 1.29 is 29.6 Å². The summed E-state index contributed by atoms with van der Waals surface area (Å²) in [6.45, 7) is 1.50. The van der Waals surface area contributed by atoms with Crippen LogP contribution in [0.2, 0.25) is 0 Å². The van der Waals surface area contributed by atoms with Crippen molar-refractivity contribution in [3.63, 3.8) is 0 Å². The van der Waals surface area contributed by atoms with Gasteiger partial charge in [-0.15, -0.1) is 0 Å². The minimum atomic E-state index is -0.721. The zero-order valence-corrected chi connectivity index (χ0v) is 11.8. The molecule has 0 aromatic heterocycles. The molecule has 0 radical (unpaired) electrons. The van der Waals surface area contributed by atoms with Gasteiger partial charge in [-0.3, -0.25) is 9.59 Å². The fourth-order valence-corrected chi connectivity index (χ4v) is 2.64. The predicted molar refractivity (Wildman–Crippen MR) is 76.0 cm³/mol. The first-order valence-corrected chi connectivity index (χ1v) is 6.42. The van der Waals surface area contributed by atoms with E-state index in [1.54, 1.807) is 0 Å². The van der Waals surface area contributed by atoms with Crippen molar-refractivity contribution in [3.8, 4) is 23.0 Å². The first-order chi connectivity index (χ1) is 10.4. The third kappa shape index (κ3) is 1.67. The second-order valence-corrected chi connectivity index (χ2v) is 5.04. The van der Waals surface area contributed by atoms with Crippen LogP contribution in [0.3, 0.4) is 0 Å². The van der Waals surface area contributed by atoms with Crippen molar-refractivity contribution >= 4 is 11.6 Å². The summed E-state index contributed by atoms with van der Waals surface area (Å²) in [4.78, 5) is 25.1. The fraction of sp³-hybridized carbons (Fsp3) is 0.125. The van der Waals surface area contributed by atoms with Crippen LogP contribution in [-0.4, -0.2) is 34.0 Å². The second-order valence-electron chi connectivity index (χ2n) is 5.04. The maximum Gasteiger partial charge on any atom is 0.202 e. The molecule has 1 aliphatic rings. The van der Waals surface area contributed by atoms with Gasteiger partial charge in [0.05, 0.1) is 23.8 Å². The first-order valence-electron chi connectivity index (χ1n) is 6.42. The lowest BCUT2D eigenvalue weighted by atomic mass is 9.81. The molecule has 0 saturated heterocycles. The van der Waals surface area contributed by atoms with Gasteiger partial charge in [0.1, 0.15) is 23.0 Å². The van der Waals surface area contributed by atoms with Gasteiger partial charge in [0.15, 0.2) is 5.78 Å².